The van der Waals surface area contributed by atoms with E-state index in [0.29, 0.717) is 5.95 Å². The average molecular weight is 225 g/mol. The van der Waals surface area contributed by atoms with E-state index < -0.39 is 0 Å². The predicted octanol–water partition coefficient (Wildman–Crippen LogP) is -0.501. The Morgan fingerprint density at radius 3 is 1.38 bits per heavy atom. The molecule has 0 aromatic carbocycles. The topological polar surface area (TPSA) is 39.4 Å². The SMILES string of the molecule is CN(C)c1nc(N(C)C)[n+](C)c(N(C)C)n1. The molecule has 0 aliphatic carbocycles. The highest BCUT2D eigenvalue weighted by atomic mass is 15.4. The first-order chi connectivity index (χ1) is 7.34. The summed E-state index contributed by atoms with van der Waals surface area (Å²) in [6, 6.07) is 0. The van der Waals surface area contributed by atoms with Crippen molar-refractivity contribution in [2.75, 3.05) is 57.0 Å². The Bertz CT molecular complexity index is 343. The van der Waals surface area contributed by atoms with Crippen LogP contribution in [-0.2, 0) is 7.05 Å². The number of hydrogen-bond donors (Lipinski definition) is 0. The summed E-state index contributed by atoms with van der Waals surface area (Å²) in [4.78, 5) is 14.8. The maximum atomic E-state index is 4.49. The van der Waals surface area contributed by atoms with Gasteiger partial charge in [0.2, 0.25) is 0 Å². The molecule has 1 heterocycles. The highest BCUT2D eigenvalue weighted by Crippen LogP contribution is 2.12. The van der Waals surface area contributed by atoms with Gasteiger partial charge in [-0.2, -0.15) is 0 Å². The van der Waals surface area contributed by atoms with E-state index in [9.17, 15) is 0 Å². The molecule has 0 aliphatic heterocycles. The molecule has 0 saturated heterocycles. The van der Waals surface area contributed by atoms with E-state index in [1.807, 2.05) is 68.6 Å². The van der Waals surface area contributed by atoms with E-state index in [1.54, 1.807) is 0 Å². The lowest BCUT2D eigenvalue weighted by atomic mass is 10.6. The van der Waals surface area contributed by atoms with Gasteiger partial charge in [-0.05, 0) is 0 Å². The van der Waals surface area contributed by atoms with Gasteiger partial charge in [-0.3, -0.25) is 9.80 Å². The van der Waals surface area contributed by atoms with E-state index in [0.717, 1.165) is 11.9 Å². The first-order valence-electron chi connectivity index (χ1n) is 5.14. The second kappa shape index (κ2) is 4.51. The van der Waals surface area contributed by atoms with Gasteiger partial charge in [0.15, 0.2) is 0 Å². The number of aromatic nitrogens is 3. The molecule has 6 heteroatoms. The highest BCUT2D eigenvalue weighted by Gasteiger charge is 2.21. The van der Waals surface area contributed by atoms with Crippen molar-refractivity contribution in [1.29, 1.82) is 0 Å². The molecule has 0 amide bonds. The van der Waals surface area contributed by atoms with Crippen LogP contribution >= 0.6 is 0 Å². The van der Waals surface area contributed by atoms with Gasteiger partial charge in [0, 0.05) is 49.3 Å². The van der Waals surface area contributed by atoms with Crippen LogP contribution < -0.4 is 19.3 Å². The third-order valence-electron chi connectivity index (χ3n) is 2.20. The minimum Gasteiger partial charge on any atom is -0.330 e. The second-order valence-electron chi connectivity index (χ2n) is 4.37. The molecule has 0 bridgehead atoms. The molecule has 0 fully saturated rings. The zero-order valence-corrected chi connectivity index (χ0v) is 11.2. The quantitative estimate of drug-likeness (QED) is 0.649. The molecule has 0 saturated carbocycles. The molecule has 0 atom stereocenters. The molecule has 1 rings (SSSR count). The Morgan fingerprint density at radius 2 is 1.12 bits per heavy atom. The Morgan fingerprint density at radius 1 is 0.750 bits per heavy atom. The molecule has 1 aromatic heterocycles. The van der Waals surface area contributed by atoms with Crippen LogP contribution in [0.5, 0.6) is 0 Å². The van der Waals surface area contributed by atoms with E-state index in [1.165, 1.54) is 0 Å². The van der Waals surface area contributed by atoms with Gasteiger partial charge in [-0.1, -0.05) is 9.97 Å². The highest BCUT2D eigenvalue weighted by molar-refractivity contribution is 5.38. The van der Waals surface area contributed by atoms with Crippen molar-refractivity contribution in [3.8, 4) is 0 Å². The fraction of sp³-hybridized carbons (Fsp3) is 0.700. The standard InChI is InChI=1S/C10H21N6/c1-13(2)8-11-9(14(3)4)16(7)10(12-8)15(5)6/h1-7H3/q+1. The Labute approximate surface area is 97.1 Å². The Hall–Kier alpha value is -1.59. The van der Waals surface area contributed by atoms with Gasteiger partial charge < -0.3 is 4.90 Å². The molecule has 90 valence electrons. The minimum absolute atomic E-state index is 0.713. The Kier molecular flexibility index (Phi) is 3.51. The van der Waals surface area contributed by atoms with E-state index in [4.69, 9.17) is 0 Å². The maximum Gasteiger partial charge on any atom is 0.326 e. The van der Waals surface area contributed by atoms with Crippen LogP contribution in [0, 0.1) is 0 Å². The average Bonchev–Trinajstić information content (AvgIpc) is 2.16. The number of nitrogens with zero attached hydrogens (tertiary/aromatic N) is 6. The minimum atomic E-state index is 0.713. The summed E-state index contributed by atoms with van der Waals surface area (Å²) >= 11 is 0. The van der Waals surface area contributed by atoms with Crippen LogP contribution in [0.2, 0.25) is 0 Å². The normalized spacial score (nSPS) is 10.2. The van der Waals surface area contributed by atoms with E-state index in [-0.39, 0.29) is 0 Å². The summed E-state index contributed by atoms with van der Waals surface area (Å²) in [5.74, 6) is 2.47. The monoisotopic (exact) mass is 225 g/mol. The lowest BCUT2D eigenvalue weighted by Crippen LogP contribution is -2.43. The predicted molar refractivity (Wildman–Crippen MR) is 66.2 cm³/mol. The molecule has 0 spiro atoms. The number of rotatable bonds is 3. The third-order valence-corrected chi connectivity index (χ3v) is 2.20. The summed E-state index contributed by atoms with van der Waals surface area (Å²) in [6.45, 7) is 0. The smallest absolute Gasteiger partial charge is 0.326 e. The molecule has 1 aromatic rings. The third kappa shape index (κ3) is 2.32. The molecular weight excluding hydrogens is 204 g/mol. The second-order valence-corrected chi connectivity index (χ2v) is 4.37. The van der Waals surface area contributed by atoms with Crippen molar-refractivity contribution in [1.82, 2.24) is 9.97 Å². The molecule has 0 N–H and O–H groups in total. The van der Waals surface area contributed by atoms with Gasteiger partial charge in [-0.25, -0.2) is 4.57 Å². The van der Waals surface area contributed by atoms with Gasteiger partial charge in [0.1, 0.15) is 0 Å². The largest absolute Gasteiger partial charge is 0.330 e. The summed E-state index contributed by atoms with van der Waals surface area (Å²) in [5, 5.41) is 0. The number of hydrogen-bond acceptors (Lipinski definition) is 5. The summed E-state index contributed by atoms with van der Waals surface area (Å²) in [7, 11) is 13.7. The molecule has 0 radical (unpaired) electrons. The van der Waals surface area contributed by atoms with Crippen LogP contribution in [0.3, 0.4) is 0 Å². The van der Waals surface area contributed by atoms with E-state index in [2.05, 4.69) is 9.97 Å². The molecule has 0 unspecified atom stereocenters. The zero-order valence-electron chi connectivity index (χ0n) is 11.2. The molecule has 16 heavy (non-hydrogen) atoms. The maximum absolute atomic E-state index is 4.49. The summed E-state index contributed by atoms with van der Waals surface area (Å²) in [5.41, 5.74) is 0. The van der Waals surface area contributed by atoms with Gasteiger partial charge >= 0.3 is 17.8 Å². The number of anilines is 3. The molecular formula is C10H21N6+. The summed E-state index contributed by atoms with van der Waals surface area (Å²) in [6.07, 6.45) is 0. The Balaban J connectivity index is 3.39. The summed E-state index contributed by atoms with van der Waals surface area (Å²) < 4.78 is 1.97. The van der Waals surface area contributed by atoms with Crippen LogP contribution in [0.15, 0.2) is 0 Å². The van der Waals surface area contributed by atoms with Crippen molar-refractivity contribution < 1.29 is 4.57 Å². The van der Waals surface area contributed by atoms with Gasteiger partial charge in [0.25, 0.3) is 0 Å². The molecule has 6 nitrogen and oxygen atoms in total. The van der Waals surface area contributed by atoms with Crippen LogP contribution in [0.1, 0.15) is 0 Å². The van der Waals surface area contributed by atoms with Crippen LogP contribution in [0.25, 0.3) is 0 Å². The van der Waals surface area contributed by atoms with E-state index >= 15 is 0 Å². The van der Waals surface area contributed by atoms with Crippen molar-refractivity contribution in [3.05, 3.63) is 0 Å². The first kappa shape index (κ1) is 12.5. The first-order valence-corrected chi connectivity index (χ1v) is 5.14. The van der Waals surface area contributed by atoms with Gasteiger partial charge in [0.05, 0.1) is 0 Å². The zero-order chi connectivity index (χ0) is 12.5. The van der Waals surface area contributed by atoms with Crippen molar-refractivity contribution in [2.24, 2.45) is 7.05 Å². The fourth-order valence-electron chi connectivity index (χ4n) is 1.44. The fourth-order valence-corrected chi connectivity index (χ4v) is 1.44. The molecule has 0 aliphatic rings. The lowest BCUT2D eigenvalue weighted by molar-refractivity contribution is -0.650. The van der Waals surface area contributed by atoms with Crippen LogP contribution in [-0.4, -0.2) is 52.3 Å². The van der Waals surface area contributed by atoms with Gasteiger partial charge in [-0.15, -0.1) is 0 Å². The van der Waals surface area contributed by atoms with Crippen molar-refractivity contribution in [3.63, 3.8) is 0 Å². The van der Waals surface area contributed by atoms with Crippen molar-refractivity contribution in [2.45, 2.75) is 0 Å². The van der Waals surface area contributed by atoms with Crippen molar-refractivity contribution >= 4 is 17.8 Å². The lowest BCUT2D eigenvalue weighted by Gasteiger charge is -2.17. The van der Waals surface area contributed by atoms with Crippen LogP contribution in [0.4, 0.5) is 17.8 Å².